The second kappa shape index (κ2) is 7.21. The Morgan fingerprint density at radius 2 is 1.57 bits per heavy atom. The molecule has 2 aliphatic rings. The monoisotopic (exact) mass is 203 g/mol. The van der Waals surface area contributed by atoms with Gasteiger partial charge in [0.15, 0.2) is 5.79 Å². The maximum atomic E-state index is 5.49. The molecule has 2 saturated heterocycles. The first-order valence-corrected chi connectivity index (χ1v) is 5.82. The normalized spacial score (nSPS) is 27.6. The van der Waals surface area contributed by atoms with Crippen molar-refractivity contribution < 1.29 is 9.47 Å². The molecule has 0 aliphatic carbocycles. The fourth-order valence-electron chi connectivity index (χ4n) is 1.66. The summed E-state index contributed by atoms with van der Waals surface area (Å²) < 4.78 is 11.0. The van der Waals surface area contributed by atoms with Crippen LogP contribution in [0.15, 0.2) is 0 Å². The number of hydrogen-bond donors (Lipinski definition) is 1. The van der Waals surface area contributed by atoms with E-state index >= 15 is 0 Å². The molecule has 0 bridgehead atoms. The molecule has 14 heavy (non-hydrogen) atoms. The Bertz CT molecular complexity index is 133. The SMILES string of the molecule is CC.CC.CC1CC2(CN1)OCCO2. The van der Waals surface area contributed by atoms with Gasteiger partial charge in [0.05, 0.1) is 19.8 Å². The molecule has 1 spiro atoms. The van der Waals surface area contributed by atoms with Crippen LogP contribution in [-0.2, 0) is 9.47 Å². The van der Waals surface area contributed by atoms with Gasteiger partial charge in [0.25, 0.3) is 0 Å². The van der Waals surface area contributed by atoms with Crippen LogP contribution in [0.2, 0.25) is 0 Å². The van der Waals surface area contributed by atoms with Gasteiger partial charge in [-0.05, 0) is 6.92 Å². The lowest BCUT2D eigenvalue weighted by Gasteiger charge is -2.19. The molecule has 0 amide bonds. The lowest BCUT2D eigenvalue weighted by molar-refractivity contribution is -0.140. The summed E-state index contributed by atoms with van der Waals surface area (Å²) in [6, 6.07) is 0.540. The van der Waals surface area contributed by atoms with Crippen LogP contribution >= 0.6 is 0 Å². The van der Waals surface area contributed by atoms with Crippen molar-refractivity contribution in [1.29, 1.82) is 0 Å². The molecular weight excluding hydrogens is 178 g/mol. The highest BCUT2D eigenvalue weighted by Gasteiger charge is 2.42. The average Bonchev–Trinajstić information content (AvgIpc) is 2.84. The molecule has 1 N–H and O–H groups in total. The minimum atomic E-state index is -0.251. The first-order chi connectivity index (χ1) is 6.81. The third kappa shape index (κ3) is 3.56. The van der Waals surface area contributed by atoms with Gasteiger partial charge in [-0.25, -0.2) is 0 Å². The van der Waals surface area contributed by atoms with Crippen molar-refractivity contribution in [2.24, 2.45) is 0 Å². The van der Waals surface area contributed by atoms with Gasteiger partial charge in [-0.3, -0.25) is 0 Å². The van der Waals surface area contributed by atoms with E-state index < -0.39 is 0 Å². The second-order valence-electron chi connectivity index (χ2n) is 3.09. The van der Waals surface area contributed by atoms with E-state index in [0.29, 0.717) is 6.04 Å². The fourth-order valence-corrected chi connectivity index (χ4v) is 1.66. The van der Waals surface area contributed by atoms with Crippen molar-refractivity contribution in [3.63, 3.8) is 0 Å². The summed E-state index contributed by atoms with van der Waals surface area (Å²) in [5.41, 5.74) is 0. The molecule has 1 atom stereocenters. The summed E-state index contributed by atoms with van der Waals surface area (Å²) in [6.07, 6.45) is 0.993. The third-order valence-electron chi connectivity index (χ3n) is 2.15. The Morgan fingerprint density at radius 1 is 1.07 bits per heavy atom. The molecule has 3 nitrogen and oxygen atoms in total. The van der Waals surface area contributed by atoms with Crippen LogP contribution in [0.5, 0.6) is 0 Å². The molecule has 3 heteroatoms. The molecule has 0 aromatic heterocycles. The van der Waals surface area contributed by atoms with Gasteiger partial charge in [0.2, 0.25) is 0 Å². The molecule has 0 radical (unpaired) electrons. The van der Waals surface area contributed by atoms with E-state index in [1.165, 1.54) is 0 Å². The number of ether oxygens (including phenoxy) is 2. The fraction of sp³-hybridized carbons (Fsp3) is 1.00. The zero-order valence-corrected chi connectivity index (χ0v) is 10.2. The lowest BCUT2D eigenvalue weighted by atomic mass is 10.2. The molecule has 0 saturated carbocycles. The van der Waals surface area contributed by atoms with Crippen molar-refractivity contribution in [3.8, 4) is 0 Å². The van der Waals surface area contributed by atoms with Crippen LogP contribution in [0.1, 0.15) is 41.0 Å². The van der Waals surface area contributed by atoms with Crippen molar-refractivity contribution in [1.82, 2.24) is 5.32 Å². The van der Waals surface area contributed by atoms with Crippen LogP contribution in [0.25, 0.3) is 0 Å². The molecule has 2 aliphatic heterocycles. The topological polar surface area (TPSA) is 30.5 Å². The first kappa shape index (κ1) is 13.9. The van der Waals surface area contributed by atoms with E-state index in [-0.39, 0.29) is 5.79 Å². The number of nitrogens with one attached hydrogen (secondary N) is 1. The molecule has 0 aromatic rings. The summed E-state index contributed by atoms with van der Waals surface area (Å²) in [4.78, 5) is 0. The van der Waals surface area contributed by atoms with Crippen LogP contribution < -0.4 is 5.32 Å². The van der Waals surface area contributed by atoms with E-state index in [2.05, 4.69) is 12.2 Å². The highest BCUT2D eigenvalue weighted by molar-refractivity contribution is 4.88. The van der Waals surface area contributed by atoms with Crippen molar-refractivity contribution in [2.75, 3.05) is 19.8 Å². The molecule has 86 valence electrons. The van der Waals surface area contributed by atoms with Crippen LogP contribution in [0.4, 0.5) is 0 Å². The lowest BCUT2D eigenvalue weighted by Crippen LogP contribution is -2.32. The van der Waals surface area contributed by atoms with Gasteiger partial charge in [0.1, 0.15) is 0 Å². The molecule has 1 unspecified atom stereocenters. The van der Waals surface area contributed by atoms with Gasteiger partial charge in [-0.15, -0.1) is 0 Å². The highest BCUT2D eigenvalue weighted by Crippen LogP contribution is 2.28. The maximum absolute atomic E-state index is 5.49. The van der Waals surface area contributed by atoms with Crippen LogP contribution in [-0.4, -0.2) is 31.6 Å². The predicted octanol–water partition coefficient (Wildman–Crippen LogP) is 2.16. The zero-order valence-electron chi connectivity index (χ0n) is 10.2. The van der Waals surface area contributed by atoms with Crippen LogP contribution in [0.3, 0.4) is 0 Å². The molecule has 2 rings (SSSR count). The molecule has 0 aromatic carbocycles. The van der Waals surface area contributed by atoms with Gasteiger partial charge >= 0.3 is 0 Å². The number of rotatable bonds is 0. The minimum absolute atomic E-state index is 0.251. The van der Waals surface area contributed by atoms with Crippen molar-refractivity contribution in [2.45, 2.75) is 52.9 Å². The third-order valence-corrected chi connectivity index (χ3v) is 2.15. The Hall–Kier alpha value is -0.120. The summed E-state index contributed by atoms with van der Waals surface area (Å²) in [6.45, 7) is 12.5. The van der Waals surface area contributed by atoms with E-state index in [4.69, 9.17) is 9.47 Å². The Kier molecular flexibility index (Phi) is 7.15. The summed E-state index contributed by atoms with van der Waals surface area (Å²) in [5.74, 6) is -0.251. The number of hydrogen-bond acceptors (Lipinski definition) is 3. The average molecular weight is 203 g/mol. The predicted molar refractivity (Wildman–Crippen MR) is 59.4 cm³/mol. The Labute approximate surface area is 88.2 Å². The van der Waals surface area contributed by atoms with Gasteiger partial charge in [-0.2, -0.15) is 0 Å². The van der Waals surface area contributed by atoms with E-state index in [0.717, 1.165) is 26.2 Å². The summed E-state index contributed by atoms with van der Waals surface area (Å²) in [7, 11) is 0. The summed E-state index contributed by atoms with van der Waals surface area (Å²) >= 11 is 0. The zero-order chi connectivity index (χ0) is 11.0. The van der Waals surface area contributed by atoms with Gasteiger partial charge in [0, 0.05) is 12.5 Å². The van der Waals surface area contributed by atoms with Gasteiger partial charge in [-0.1, -0.05) is 27.7 Å². The maximum Gasteiger partial charge on any atom is 0.182 e. The largest absolute Gasteiger partial charge is 0.346 e. The van der Waals surface area contributed by atoms with E-state index in [1.807, 2.05) is 27.7 Å². The molecular formula is C11H25NO2. The quantitative estimate of drug-likeness (QED) is 0.654. The Morgan fingerprint density at radius 3 is 1.93 bits per heavy atom. The smallest absolute Gasteiger partial charge is 0.182 e. The minimum Gasteiger partial charge on any atom is -0.346 e. The van der Waals surface area contributed by atoms with Crippen LogP contribution in [0, 0.1) is 0 Å². The standard InChI is InChI=1S/C7H13NO2.2C2H6/c1-6-4-7(5-8-6)9-2-3-10-7;2*1-2/h6,8H,2-5H2,1H3;2*1-2H3. The van der Waals surface area contributed by atoms with Crippen molar-refractivity contribution in [3.05, 3.63) is 0 Å². The van der Waals surface area contributed by atoms with E-state index in [9.17, 15) is 0 Å². The molecule has 2 fully saturated rings. The first-order valence-electron chi connectivity index (χ1n) is 5.82. The molecule has 2 heterocycles. The summed E-state index contributed by atoms with van der Waals surface area (Å²) in [5, 5.41) is 3.30. The van der Waals surface area contributed by atoms with Gasteiger partial charge < -0.3 is 14.8 Å². The highest BCUT2D eigenvalue weighted by atomic mass is 16.7. The van der Waals surface area contributed by atoms with E-state index in [1.54, 1.807) is 0 Å². The Balaban J connectivity index is 0.000000379. The van der Waals surface area contributed by atoms with Crippen molar-refractivity contribution >= 4 is 0 Å². The second-order valence-corrected chi connectivity index (χ2v) is 3.09.